The van der Waals surface area contributed by atoms with Crippen molar-refractivity contribution in [2.45, 2.75) is 12.8 Å². The maximum absolute atomic E-state index is 9.84. The van der Waals surface area contributed by atoms with Crippen LogP contribution in [0.15, 0.2) is 34.8 Å². The first-order valence-corrected chi connectivity index (χ1v) is 5.68. The average molecular weight is 264 g/mol. The van der Waals surface area contributed by atoms with Gasteiger partial charge in [0.15, 0.2) is 0 Å². The van der Waals surface area contributed by atoms with E-state index in [2.05, 4.69) is 33.4 Å². The van der Waals surface area contributed by atoms with E-state index in [-0.39, 0.29) is 0 Å². The van der Waals surface area contributed by atoms with Crippen molar-refractivity contribution in [3.05, 3.63) is 45.9 Å². The van der Waals surface area contributed by atoms with Gasteiger partial charge in [0, 0.05) is 16.6 Å². The molecule has 3 heteroatoms. The minimum atomic E-state index is -0.546. The van der Waals surface area contributed by atoms with Gasteiger partial charge >= 0.3 is 0 Å². The fraction of sp³-hybridized carbons (Fsp3) is 0.167. The molecule has 0 amide bonds. The van der Waals surface area contributed by atoms with Crippen molar-refractivity contribution in [2.24, 2.45) is 0 Å². The summed E-state index contributed by atoms with van der Waals surface area (Å²) in [5.74, 6) is 0. The lowest BCUT2D eigenvalue weighted by molar-refractivity contribution is 0.135. The molecule has 1 heterocycles. The van der Waals surface area contributed by atoms with Crippen LogP contribution in [0.1, 0.15) is 17.4 Å². The number of aliphatic hydroxyl groups is 1. The Bertz CT molecular complexity index is 538. The largest absolute Gasteiger partial charge is 0.374 e. The van der Waals surface area contributed by atoms with Gasteiger partial charge in [-0.05, 0) is 22.4 Å². The summed E-state index contributed by atoms with van der Waals surface area (Å²) in [6, 6.07) is 10.2. The van der Waals surface area contributed by atoms with Crippen LogP contribution in [0.2, 0.25) is 0 Å². The van der Waals surface area contributed by atoms with Crippen LogP contribution in [0.3, 0.4) is 0 Å². The SMILES string of the molecule is OC1NCc2cccc3c(Br)ccc1c23. The van der Waals surface area contributed by atoms with Gasteiger partial charge in [-0.3, -0.25) is 5.32 Å². The van der Waals surface area contributed by atoms with Crippen molar-refractivity contribution in [3.63, 3.8) is 0 Å². The van der Waals surface area contributed by atoms with E-state index in [9.17, 15) is 5.11 Å². The third kappa shape index (κ3) is 1.31. The molecule has 2 N–H and O–H groups in total. The molecule has 1 atom stereocenters. The summed E-state index contributed by atoms with van der Waals surface area (Å²) in [4.78, 5) is 0. The van der Waals surface area contributed by atoms with Gasteiger partial charge < -0.3 is 5.11 Å². The molecule has 2 aromatic rings. The smallest absolute Gasteiger partial charge is 0.131 e. The summed E-state index contributed by atoms with van der Waals surface area (Å²) < 4.78 is 1.08. The van der Waals surface area contributed by atoms with Gasteiger partial charge in [0.25, 0.3) is 0 Å². The van der Waals surface area contributed by atoms with Gasteiger partial charge in [-0.2, -0.15) is 0 Å². The molecule has 1 aliphatic rings. The van der Waals surface area contributed by atoms with Crippen molar-refractivity contribution in [1.29, 1.82) is 0 Å². The van der Waals surface area contributed by atoms with Gasteiger partial charge in [0.05, 0.1) is 0 Å². The topological polar surface area (TPSA) is 32.3 Å². The van der Waals surface area contributed by atoms with Gasteiger partial charge in [-0.15, -0.1) is 0 Å². The highest BCUT2D eigenvalue weighted by molar-refractivity contribution is 9.10. The number of benzene rings is 2. The van der Waals surface area contributed by atoms with Crippen LogP contribution in [0.4, 0.5) is 0 Å². The molecule has 0 fully saturated rings. The standard InChI is InChI=1S/C12H10BrNO/c13-10-5-4-9-11-7(6-14-12(9)15)2-1-3-8(10)11/h1-5,12,14-15H,6H2. The molecule has 0 aromatic heterocycles. The first-order valence-electron chi connectivity index (χ1n) is 4.89. The average Bonchev–Trinajstić information content (AvgIpc) is 2.26. The van der Waals surface area contributed by atoms with E-state index < -0.39 is 6.23 Å². The second-order valence-corrected chi connectivity index (χ2v) is 4.61. The van der Waals surface area contributed by atoms with Crippen molar-refractivity contribution in [2.75, 3.05) is 0 Å². The molecular formula is C12H10BrNO. The predicted octanol–water partition coefficient (Wildman–Crippen LogP) is 2.70. The van der Waals surface area contributed by atoms with Gasteiger partial charge in [0.2, 0.25) is 0 Å². The number of nitrogens with one attached hydrogen (secondary N) is 1. The summed E-state index contributed by atoms with van der Waals surface area (Å²) >= 11 is 3.54. The highest BCUT2D eigenvalue weighted by atomic mass is 79.9. The van der Waals surface area contributed by atoms with E-state index in [1.165, 1.54) is 16.3 Å². The Morgan fingerprint density at radius 2 is 2.13 bits per heavy atom. The Kier molecular flexibility index (Phi) is 2.06. The van der Waals surface area contributed by atoms with Gasteiger partial charge in [-0.25, -0.2) is 0 Å². The molecule has 0 radical (unpaired) electrons. The molecule has 1 aliphatic heterocycles. The number of rotatable bonds is 0. The van der Waals surface area contributed by atoms with Crippen LogP contribution in [0.25, 0.3) is 10.8 Å². The van der Waals surface area contributed by atoms with Crippen LogP contribution >= 0.6 is 15.9 Å². The molecule has 2 nitrogen and oxygen atoms in total. The van der Waals surface area contributed by atoms with Crippen molar-refractivity contribution in [1.82, 2.24) is 5.32 Å². The first-order chi connectivity index (χ1) is 7.27. The zero-order chi connectivity index (χ0) is 10.4. The lowest BCUT2D eigenvalue weighted by Crippen LogP contribution is -2.25. The lowest BCUT2D eigenvalue weighted by atomic mass is 9.95. The summed E-state index contributed by atoms with van der Waals surface area (Å²) in [6.45, 7) is 0.724. The Morgan fingerprint density at radius 3 is 3.00 bits per heavy atom. The van der Waals surface area contributed by atoms with Crippen LogP contribution in [-0.2, 0) is 6.54 Å². The molecule has 15 heavy (non-hydrogen) atoms. The Balaban J connectivity index is 2.48. The molecule has 0 saturated carbocycles. The number of halogens is 1. The molecule has 0 aliphatic carbocycles. The molecule has 3 rings (SSSR count). The Hall–Kier alpha value is -0.900. The predicted molar refractivity (Wildman–Crippen MR) is 63.4 cm³/mol. The molecular weight excluding hydrogens is 254 g/mol. The normalized spacial score (nSPS) is 19.5. The minimum absolute atomic E-state index is 0.546. The Labute approximate surface area is 96.0 Å². The zero-order valence-electron chi connectivity index (χ0n) is 8.00. The number of hydrogen-bond acceptors (Lipinski definition) is 2. The molecule has 0 spiro atoms. The molecule has 1 unspecified atom stereocenters. The number of hydrogen-bond donors (Lipinski definition) is 2. The van der Waals surface area contributed by atoms with Crippen molar-refractivity contribution >= 4 is 26.7 Å². The second-order valence-electron chi connectivity index (χ2n) is 3.76. The van der Waals surface area contributed by atoms with Gasteiger partial charge in [0.1, 0.15) is 6.23 Å². The molecule has 76 valence electrons. The lowest BCUT2D eigenvalue weighted by Gasteiger charge is -2.23. The van der Waals surface area contributed by atoms with Gasteiger partial charge in [-0.1, -0.05) is 40.2 Å². The quantitative estimate of drug-likeness (QED) is 0.766. The van der Waals surface area contributed by atoms with E-state index >= 15 is 0 Å². The van der Waals surface area contributed by atoms with E-state index in [1.807, 2.05) is 18.2 Å². The highest BCUT2D eigenvalue weighted by Gasteiger charge is 2.19. The fourth-order valence-corrected chi connectivity index (χ4v) is 2.63. The van der Waals surface area contributed by atoms with Crippen LogP contribution in [0.5, 0.6) is 0 Å². The third-order valence-electron chi connectivity index (χ3n) is 2.89. The second kappa shape index (κ2) is 3.30. The van der Waals surface area contributed by atoms with E-state index in [0.717, 1.165) is 16.6 Å². The Morgan fingerprint density at radius 1 is 1.27 bits per heavy atom. The van der Waals surface area contributed by atoms with Crippen molar-refractivity contribution in [3.8, 4) is 0 Å². The summed E-state index contributed by atoms with van der Waals surface area (Å²) in [6.07, 6.45) is -0.546. The minimum Gasteiger partial charge on any atom is -0.374 e. The first kappa shape index (κ1) is 9.33. The van der Waals surface area contributed by atoms with Crippen molar-refractivity contribution < 1.29 is 5.11 Å². The zero-order valence-corrected chi connectivity index (χ0v) is 9.58. The highest BCUT2D eigenvalue weighted by Crippen LogP contribution is 2.34. The van der Waals surface area contributed by atoms with E-state index in [4.69, 9.17) is 0 Å². The van der Waals surface area contributed by atoms with E-state index in [0.29, 0.717) is 0 Å². The third-order valence-corrected chi connectivity index (χ3v) is 3.58. The molecule has 2 aromatic carbocycles. The monoisotopic (exact) mass is 263 g/mol. The fourth-order valence-electron chi connectivity index (χ4n) is 2.17. The number of aliphatic hydroxyl groups excluding tert-OH is 1. The molecule has 0 bridgehead atoms. The summed E-state index contributed by atoms with van der Waals surface area (Å²) in [7, 11) is 0. The maximum Gasteiger partial charge on any atom is 0.131 e. The van der Waals surface area contributed by atoms with Crippen LogP contribution < -0.4 is 5.32 Å². The maximum atomic E-state index is 9.84. The van der Waals surface area contributed by atoms with E-state index in [1.54, 1.807) is 0 Å². The summed E-state index contributed by atoms with van der Waals surface area (Å²) in [5, 5.41) is 15.2. The van der Waals surface area contributed by atoms with Crippen LogP contribution in [-0.4, -0.2) is 5.11 Å². The summed E-state index contributed by atoms with van der Waals surface area (Å²) in [5.41, 5.74) is 2.21. The van der Waals surface area contributed by atoms with Crippen LogP contribution in [0, 0.1) is 0 Å². The molecule has 0 saturated heterocycles.